The Bertz CT molecular complexity index is 405. The van der Waals surface area contributed by atoms with Crippen molar-refractivity contribution >= 4 is 11.6 Å². The number of aromatic nitrogens is 2. The van der Waals surface area contributed by atoms with Crippen LogP contribution in [0.25, 0.3) is 0 Å². The summed E-state index contributed by atoms with van der Waals surface area (Å²) >= 11 is 5.94. The van der Waals surface area contributed by atoms with Gasteiger partial charge in [0.1, 0.15) is 17.7 Å². The largest absolute Gasteiger partial charge is 0.474 e. The van der Waals surface area contributed by atoms with Gasteiger partial charge in [-0.3, -0.25) is 0 Å². The summed E-state index contributed by atoms with van der Waals surface area (Å²) in [6.45, 7) is 4.01. The van der Waals surface area contributed by atoms with Crippen molar-refractivity contribution in [3.05, 3.63) is 11.2 Å². The Morgan fingerprint density at radius 2 is 2.39 bits per heavy atom. The van der Waals surface area contributed by atoms with E-state index in [9.17, 15) is 0 Å². The molecule has 1 fully saturated rings. The lowest BCUT2D eigenvalue weighted by Crippen LogP contribution is -2.45. The Morgan fingerprint density at radius 3 is 3.11 bits per heavy atom. The molecule has 2 unspecified atom stereocenters. The molecule has 6 nitrogen and oxygen atoms in total. The molecule has 1 saturated heterocycles. The molecule has 0 spiro atoms. The van der Waals surface area contributed by atoms with Crippen molar-refractivity contribution in [1.29, 1.82) is 0 Å². The zero-order valence-electron chi connectivity index (χ0n) is 10.4. The average molecular weight is 274 g/mol. The summed E-state index contributed by atoms with van der Waals surface area (Å²) in [5.74, 6) is 0.311. The van der Waals surface area contributed by atoms with Crippen LogP contribution in [0.5, 0.6) is 11.9 Å². The highest BCUT2D eigenvalue weighted by molar-refractivity contribution is 6.31. The van der Waals surface area contributed by atoms with Crippen LogP contribution in [0.2, 0.25) is 5.02 Å². The lowest BCUT2D eigenvalue weighted by molar-refractivity contribution is -0.0477. The van der Waals surface area contributed by atoms with Crippen LogP contribution in [-0.2, 0) is 4.74 Å². The van der Waals surface area contributed by atoms with E-state index in [0.717, 1.165) is 13.1 Å². The third kappa shape index (κ3) is 3.44. The maximum atomic E-state index is 5.94. The third-order valence-electron chi connectivity index (χ3n) is 2.51. The molecule has 0 aromatic carbocycles. The highest BCUT2D eigenvalue weighted by atomic mass is 35.5. The van der Waals surface area contributed by atoms with E-state index in [2.05, 4.69) is 15.3 Å². The minimum Gasteiger partial charge on any atom is -0.474 e. The van der Waals surface area contributed by atoms with Crippen LogP contribution in [0.4, 0.5) is 0 Å². The maximum absolute atomic E-state index is 5.94. The SMILES string of the molecule is COc1ncc(Cl)c(OCC2CNCC(C)O2)n1. The Hall–Kier alpha value is -1.11. The molecule has 0 amide bonds. The summed E-state index contributed by atoms with van der Waals surface area (Å²) in [7, 11) is 1.49. The molecule has 1 aliphatic rings. The van der Waals surface area contributed by atoms with Crippen molar-refractivity contribution in [2.75, 3.05) is 26.8 Å². The van der Waals surface area contributed by atoms with Gasteiger partial charge in [0.25, 0.3) is 0 Å². The number of methoxy groups -OCH3 is 1. The fraction of sp³-hybridized carbons (Fsp3) is 0.636. The third-order valence-corrected chi connectivity index (χ3v) is 2.77. The van der Waals surface area contributed by atoms with E-state index in [1.54, 1.807) is 0 Å². The van der Waals surface area contributed by atoms with E-state index < -0.39 is 0 Å². The molecule has 2 rings (SSSR count). The summed E-state index contributed by atoms with van der Waals surface area (Å²) in [6, 6.07) is 0.227. The minimum absolute atomic E-state index is 0.00854. The number of hydrogen-bond acceptors (Lipinski definition) is 6. The van der Waals surface area contributed by atoms with Crippen LogP contribution in [0.3, 0.4) is 0 Å². The van der Waals surface area contributed by atoms with Crippen molar-refractivity contribution < 1.29 is 14.2 Å². The van der Waals surface area contributed by atoms with Crippen LogP contribution >= 0.6 is 11.6 Å². The predicted octanol–water partition coefficient (Wildman–Crippen LogP) is 0.894. The second kappa shape index (κ2) is 6.17. The van der Waals surface area contributed by atoms with Gasteiger partial charge in [0.15, 0.2) is 0 Å². The first-order chi connectivity index (χ1) is 8.69. The number of morpholine rings is 1. The quantitative estimate of drug-likeness (QED) is 0.879. The molecule has 0 radical (unpaired) electrons. The molecule has 1 aromatic heterocycles. The molecule has 0 saturated carbocycles. The average Bonchev–Trinajstić information content (AvgIpc) is 2.38. The summed E-state index contributed by atoms with van der Waals surface area (Å²) in [4.78, 5) is 7.91. The lowest BCUT2D eigenvalue weighted by atomic mass is 10.2. The minimum atomic E-state index is -0.00854. The number of hydrogen-bond donors (Lipinski definition) is 1. The van der Waals surface area contributed by atoms with Crippen LogP contribution in [0, 0.1) is 0 Å². The highest BCUT2D eigenvalue weighted by Crippen LogP contribution is 2.22. The van der Waals surface area contributed by atoms with E-state index in [1.165, 1.54) is 13.3 Å². The molecule has 0 bridgehead atoms. The number of nitrogens with zero attached hydrogens (tertiary/aromatic N) is 2. The van der Waals surface area contributed by atoms with E-state index in [-0.39, 0.29) is 18.2 Å². The van der Waals surface area contributed by atoms with Gasteiger partial charge in [-0.1, -0.05) is 11.6 Å². The smallest absolute Gasteiger partial charge is 0.319 e. The van der Waals surface area contributed by atoms with Gasteiger partial charge in [-0.15, -0.1) is 0 Å². The zero-order valence-corrected chi connectivity index (χ0v) is 11.1. The van der Waals surface area contributed by atoms with E-state index >= 15 is 0 Å². The van der Waals surface area contributed by atoms with E-state index in [0.29, 0.717) is 17.5 Å². The molecule has 100 valence electrons. The number of halogens is 1. The molecule has 1 aliphatic heterocycles. The molecule has 18 heavy (non-hydrogen) atoms. The topological polar surface area (TPSA) is 65.5 Å². The predicted molar refractivity (Wildman–Crippen MR) is 66.3 cm³/mol. The Balaban J connectivity index is 1.92. The Kier molecular flexibility index (Phi) is 4.57. The van der Waals surface area contributed by atoms with Crippen molar-refractivity contribution in [2.24, 2.45) is 0 Å². The Morgan fingerprint density at radius 1 is 1.56 bits per heavy atom. The molecule has 0 aliphatic carbocycles. The standard InChI is InChI=1S/C11H16ClN3O3/c1-7-3-13-4-8(18-7)6-17-10-9(12)5-14-11(15-10)16-2/h5,7-8,13H,3-4,6H2,1-2H3. The first-order valence-corrected chi connectivity index (χ1v) is 6.12. The lowest BCUT2D eigenvalue weighted by Gasteiger charge is -2.28. The van der Waals surface area contributed by atoms with E-state index in [4.69, 9.17) is 25.8 Å². The molecular weight excluding hydrogens is 258 g/mol. The molecule has 1 aromatic rings. The summed E-state index contributed by atoms with van der Waals surface area (Å²) in [6.07, 6.45) is 1.62. The fourth-order valence-corrected chi connectivity index (χ4v) is 1.82. The van der Waals surface area contributed by atoms with Gasteiger partial charge in [-0.05, 0) is 6.92 Å². The van der Waals surface area contributed by atoms with Gasteiger partial charge in [0.2, 0.25) is 5.88 Å². The van der Waals surface area contributed by atoms with Crippen LogP contribution in [0.15, 0.2) is 6.20 Å². The zero-order chi connectivity index (χ0) is 13.0. The van der Waals surface area contributed by atoms with E-state index in [1.807, 2.05) is 6.92 Å². The monoisotopic (exact) mass is 273 g/mol. The van der Waals surface area contributed by atoms with Gasteiger partial charge in [-0.2, -0.15) is 4.98 Å². The van der Waals surface area contributed by atoms with Gasteiger partial charge < -0.3 is 19.5 Å². The van der Waals surface area contributed by atoms with Gasteiger partial charge >= 0.3 is 6.01 Å². The second-order valence-corrected chi connectivity index (χ2v) is 4.45. The van der Waals surface area contributed by atoms with Crippen LogP contribution in [-0.4, -0.2) is 49.0 Å². The highest BCUT2D eigenvalue weighted by Gasteiger charge is 2.20. The first kappa shape index (κ1) is 13.3. The second-order valence-electron chi connectivity index (χ2n) is 4.05. The summed E-state index contributed by atoms with van der Waals surface area (Å²) in [5.41, 5.74) is 0. The van der Waals surface area contributed by atoms with Crippen molar-refractivity contribution in [3.63, 3.8) is 0 Å². The van der Waals surface area contributed by atoms with Gasteiger partial charge in [-0.25, -0.2) is 4.98 Å². The molecule has 1 N–H and O–H groups in total. The Labute approximate surface area is 111 Å². The van der Waals surface area contributed by atoms with Gasteiger partial charge in [0.05, 0.1) is 19.4 Å². The molecule has 2 heterocycles. The number of rotatable bonds is 4. The maximum Gasteiger partial charge on any atom is 0.319 e. The van der Waals surface area contributed by atoms with Crippen LogP contribution in [0.1, 0.15) is 6.92 Å². The molecule has 2 atom stereocenters. The molecule has 7 heteroatoms. The summed E-state index contributed by atoms with van der Waals surface area (Å²) < 4.78 is 16.2. The number of ether oxygens (including phenoxy) is 3. The van der Waals surface area contributed by atoms with Crippen LogP contribution < -0.4 is 14.8 Å². The fourth-order valence-electron chi connectivity index (χ4n) is 1.68. The van der Waals surface area contributed by atoms with Crippen molar-refractivity contribution in [1.82, 2.24) is 15.3 Å². The van der Waals surface area contributed by atoms with Crippen molar-refractivity contribution in [2.45, 2.75) is 19.1 Å². The summed E-state index contributed by atoms with van der Waals surface area (Å²) in [5, 5.41) is 3.62. The van der Waals surface area contributed by atoms with Gasteiger partial charge in [0, 0.05) is 13.1 Å². The molecular formula is C11H16ClN3O3. The van der Waals surface area contributed by atoms with Crippen molar-refractivity contribution in [3.8, 4) is 11.9 Å². The first-order valence-electron chi connectivity index (χ1n) is 5.74. The normalized spacial score (nSPS) is 23.7. The number of nitrogens with one attached hydrogen (secondary N) is 1.